The number of carboxylic acid groups (broad SMARTS) is 2. The van der Waals surface area contributed by atoms with Crippen molar-refractivity contribution in [3.8, 4) is 0 Å². The van der Waals surface area contributed by atoms with Gasteiger partial charge in [0, 0.05) is 64.8 Å². The first kappa shape index (κ1) is 24.5. The third-order valence-electron chi connectivity index (χ3n) is 4.79. The van der Waals surface area contributed by atoms with Crippen LogP contribution in [0.2, 0.25) is 0 Å². The molecule has 2 N–H and O–H groups in total. The summed E-state index contributed by atoms with van der Waals surface area (Å²) in [7, 11) is 6.04. The highest BCUT2D eigenvalue weighted by atomic mass is 16.4. The molecule has 1 aliphatic rings. The van der Waals surface area contributed by atoms with Crippen LogP contribution in [0, 0.1) is 12.5 Å². The molecule has 0 aromatic heterocycles. The number of Topliss-reactive ketones (excluding diaryl/α,β-unsaturated/α-hetero) is 1. The molecule has 9 heteroatoms. The highest BCUT2D eigenvalue weighted by Crippen LogP contribution is 2.15. The molecule has 160 valence electrons. The molecule has 1 rings (SSSR count). The largest absolute Gasteiger partial charge is 0.480 e. The van der Waals surface area contributed by atoms with E-state index >= 15 is 0 Å². The van der Waals surface area contributed by atoms with Gasteiger partial charge < -0.3 is 10.2 Å². The fourth-order valence-electron chi connectivity index (χ4n) is 2.85. The van der Waals surface area contributed by atoms with Crippen molar-refractivity contribution in [1.29, 1.82) is 0 Å². The predicted molar refractivity (Wildman–Crippen MR) is 105 cm³/mol. The Morgan fingerprint density at radius 3 is 1.36 bits per heavy atom. The zero-order valence-corrected chi connectivity index (χ0v) is 17.3. The average Bonchev–Trinajstić information content (AvgIpc) is 2.56. The van der Waals surface area contributed by atoms with Crippen LogP contribution < -0.4 is 0 Å². The maximum Gasteiger partial charge on any atom is 0.317 e. The molecule has 1 fully saturated rings. The second-order valence-electron chi connectivity index (χ2n) is 8.33. The Kier molecular flexibility index (Phi) is 10.0. The summed E-state index contributed by atoms with van der Waals surface area (Å²) in [4.78, 5) is 41.9. The molecule has 28 heavy (non-hydrogen) atoms. The van der Waals surface area contributed by atoms with E-state index in [0.717, 1.165) is 0 Å². The average molecular weight is 399 g/mol. The van der Waals surface area contributed by atoms with Crippen molar-refractivity contribution in [2.45, 2.75) is 20.8 Å². The van der Waals surface area contributed by atoms with E-state index in [1.807, 2.05) is 25.7 Å². The van der Waals surface area contributed by atoms with Crippen LogP contribution in [0.3, 0.4) is 0 Å². The molecular formula is C19H34N4O5. The molecule has 9 nitrogen and oxygen atoms in total. The van der Waals surface area contributed by atoms with Gasteiger partial charge in [-0.1, -0.05) is 20.8 Å². The summed E-state index contributed by atoms with van der Waals surface area (Å²) >= 11 is 0. The lowest BCUT2D eigenvalue weighted by atomic mass is 9.90. The van der Waals surface area contributed by atoms with E-state index in [2.05, 4.69) is 0 Å². The van der Waals surface area contributed by atoms with Crippen LogP contribution in [0.4, 0.5) is 0 Å². The molecule has 0 spiro atoms. The van der Waals surface area contributed by atoms with E-state index in [1.54, 1.807) is 14.7 Å². The lowest BCUT2D eigenvalue weighted by molar-refractivity contribution is -0.140. The molecule has 0 atom stereocenters. The first-order valence-electron chi connectivity index (χ1n) is 9.61. The Hall–Kier alpha value is -1.55. The van der Waals surface area contributed by atoms with Gasteiger partial charge in [0.15, 0.2) is 5.78 Å². The Bertz CT molecular complexity index is 535. The molecule has 0 aliphatic carbocycles. The van der Waals surface area contributed by atoms with E-state index < -0.39 is 17.4 Å². The van der Waals surface area contributed by atoms with Gasteiger partial charge in [-0.15, -0.1) is 0 Å². The van der Waals surface area contributed by atoms with Crippen LogP contribution in [-0.2, 0) is 14.4 Å². The quantitative estimate of drug-likeness (QED) is 0.622. The number of carbonyl (C=O) groups is 3. The van der Waals surface area contributed by atoms with Gasteiger partial charge in [-0.05, 0) is 0 Å². The second kappa shape index (κ2) is 11.5. The van der Waals surface area contributed by atoms with Crippen molar-refractivity contribution in [3.63, 3.8) is 0 Å². The highest BCUT2D eigenvalue weighted by molar-refractivity contribution is 5.85. The summed E-state index contributed by atoms with van der Waals surface area (Å²) in [5, 5.41) is 18.3. The van der Waals surface area contributed by atoms with Crippen LogP contribution >= 0.6 is 0 Å². The Morgan fingerprint density at radius 1 is 0.714 bits per heavy atom. The maximum absolute atomic E-state index is 12.4. The number of carbonyl (C=O) groups excluding carboxylic acids is 1. The van der Waals surface area contributed by atoms with Gasteiger partial charge in [-0.25, -0.2) is 0 Å². The van der Waals surface area contributed by atoms with Crippen LogP contribution in [0.25, 0.3) is 0 Å². The summed E-state index contributed by atoms with van der Waals surface area (Å²) in [6.07, 6.45) is 0. The van der Waals surface area contributed by atoms with Crippen molar-refractivity contribution in [2.75, 3.05) is 72.0 Å². The van der Waals surface area contributed by atoms with Crippen LogP contribution in [0.1, 0.15) is 20.8 Å². The molecule has 0 amide bonds. The van der Waals surface area contributed by atoms with Gasteiger partial charge in [0.1, 0.15) is 0 Å². The Balaban J connectivity index is 2.84. The number of aliphatic carboxylic acids is 2. The molecule has 1 saturated heterocycles. The predicted octanol–water partition coefficient (Wildman–Crippen LogP) is -0.339. The Labute approximate surface area is 167 Å². The van der Waals surface area contributed by atoms with Gasteiger partial charge in [0.05, 0.1) is 19.6 Å². The smallest absolute Gasteiger partial charge is 0.317 e. The summed E-state index contributed by atoms with van der Waals surface area (Å²) < 4.78 is 0. The lowest BCUT2D eigenvalue weighted by Gasteiger charge is -2.32. The summed E-state index contributed by atoms with van der Waals surface area (Å²) in [6.45, 7) is 9.71. The van der Waals surface area contributed by atoms with Gasteiger partial charge >= 0.3 is 11.9 Å². The molecule has 0 aromatic carbocycles. The monoisotopic (exact) mass is 398 g/mol. The third kappa shape index (κ3) is 10.1. The lowest BCUT2D eigenvalue weighted by Crippen LogP contribution is -2.48. The SMILES string of the molecule is [CH]N1CCN(CC(=O)O)CCN(CC(=O)O)CCN(CC(=O)C(C)(C)C)CC1. The molecular weight excluding hydrogens is 364 g/mol. The number of ketones is 1. The molecule has 1 aliphatic heterocycles. The second-order valence-corrected chi connectivity index (χ2v) is 8.33. The van der Waals surface area contributed by atoms with Crippen molar-refractivity contribution >= 4 is 17.7 Å². The van der Waals surface area contributed by atoms with E-state index in [0.29, 0.717) is 58.9 Å². The van der Waals surface area contributed by atoms with E-state index in [-0.39, 0.29) is 18.9 Å². The fourth-order valence-corrected chi connectivity index (χ4v) is 2.85. The van der Waals surface area contributed by atoms with Crippen LogP contribution in [-0.4, -0.2) is 120 Å². The minimum atomic E-state index is -0.928. The van der Waals surface area contributed by atoms with E-state index in [4.69, 9.17) is 12.2 Å². The zero-order valence-electron chi connectivity index (χ0n) is 17.3. The zero-order chi connectivity index (χ0) is 21.3. The van der Waals surface area contributed by atoms with Gasteiger partial charge in [0.25, 0.3) is 0 Å². The fraction of sp³-hybridized carbons (Fsp3) is 0.789. The summed E-state index contributed by atoms with van der Waals surface area (Å²) in [5.74, 6) is -1.73. The minimum absolute atomic E-state index is 0.110. The van der Waals surface area contributed by atoms with Gasteiger partial charge in [0.2, 0.25) is 0 Å². The Morgan fingerprint density at radius 2 is 1.04 bits per heavy atom. The molecule has 0 bridgehead atoms. The van der Waals surface area contributed by atoms with Crippen molar-refractivity contribution in [3.05, 3.63) is 7.05 Å². The number of nitrogens with zero attached hydrogens (tertiary/aromatic N) is 4. The topological polar surface area (TPSA) is 105 Å². The molecule has 2 radical (unpaired) electrons. The summed E-state index contributed by atoms with van der Waals surface area (Å²) in [6, 6.07) is 0. The number of hydrogen-bond donors (Lipinski definition) is 2. The molecule has 0 unspecified atom stereocenters. The number of carboxylic acids is 2. The molecule has 1 heterocycles. The van der Waals surface area contributed by atoms with Crippen LogP contribution in [0.5, 0.6) is 0 Å². The summed E-state index contributed by atoms with van der Waals surface area (Å²) in [5.41, 5.74) is -0.440. The molecule has 0 aromatic rings. The van der Waals surface area contributed by atoms with Crippen molar-refractivity contribution < 1.29 is 24.6 Å². The van der Waals surface area contributed by atoms with Gasteiger partial charge in [-0.2, -0.15) is 0 Å². The highest BCUT2D eigenvalue weighted by Gasteiger charge is 2.24. The standard InChI is InChI=1S/C19H34N4O5/c1-19(2,3)16(24)13-21-7-5-20(4)6-8-22(14-17(25)26)11-12-23(10-9-21)15-18(27)28/h4H,5-15H2,1-3H3,(H,25,26)(H,27,28). The molecule has 0 saturated carbocycles. The van der Waals surface area contributed by atoms with Crippen molar-refractivity contribution in [2.24, 2.45) is 5.41 Å². The normalized spacial score (nSPS) is 20.3. The maximum atomic E-state index is 12.4. The van der Waals surface area contributed by atoms with Gasteiger partial charge in [-0.3, -0.25) is 34.0 Å². The first-order chi connectivity index (χ1) is 13.0. The number of hydrogen-bond acceptors (Lipinski definition) is 7. The third-order valence-corrected chi connectivity index (χ3v) is 4.79. The first-order valence-corrected chi connectivity index (χ1v) is 9.61. The van der Waals surface area contributed by atoms with Crippen LogP contribution in [0.15, 0.2) is 0 Å². The van der Waals surface area contributed by atoms with Crippen molar-refractivity contribution in [1.82, 2.24) is 19.6 Å². The van der Waals surface area contributed by atoms with E-state index in [1.165, 1.54) is 0 Å². The minimum Gasteiger partial charge on any atom is -0.480 e. The number of rotatable bonds is 6. The van der Waals surface area contributed by atoms with E-state index in [9.17, 15) is 19.5 Å².